The molecule has 65 heavy (non-hydrogen) atoms. The summed E-state index contributed by atoms with van der Waals surface area (Å²) >= 11 is 0. The molecule has 0 aromatic carbocycles. The van der Waals surface area contributed by atoms with Gasteiger partial charge in [-0.25, -0.2) is 0 Å². The molecular formula is C57H112N2O6. The van der Waals surface area contributed by atoms with Crippen molar-refractivity contribution in [3.05, 3.63) is 0 Å². The Balaban J connectivity index is 4.25. The van der Waals surface area contributed by atoms with E-state index < -0.39 is 0 Å². The maximum Gasteiger partial charge on any atom is 0.307 e. The Kier molecular flexibility index (Phi) is 53.5. The van der Waals surface area contributed by atoms with Gasteiger partial charge in [-0.05, 0) is 38.8 Å². The number of nitrogens with one attached hydrogen (secondary N) is 1. The number of unbranched alkanes of at least 4 members (excludes halogenated alkanes) is 36. The van der Waals surface area contributed by atoms with Crippen LogP contribution in [0.5, 0.6) is 0 Å². The minimum absolute atomic E-state index is 0.132. The molecule has 0 aliphatic rings. The standard InChI is InChI=1S/C57H112N2O6/c1-4-7-10-13-16-19-22-25-28-31-34-37-40-52-63-55(60)44-48-58-47-43-49-59(50-45-56(61)64-53-41-38-35-32-29-26-23-20-17-14-11-8-5-2)51-46-57(62)65-54-42-39-36-33-30-27-24-21-18-15-12-9-6-3/h58H,4-54H2,1-3H3. The molecule has 0 atom stereocenters. The minimum atomic E-state index is -0.158. The molecule has 0 amide bonds. The van der Waals surface area contributed by atoms with Crippen molar-refractivity contribution in [1.29, 1.82) is 0 Å². The Morgan fingerprint density at radius 3 is 0.815 bits per heavy atom. The number of esters is 3. The summed E-state index contributed by atoms with van der Waals surface area (Å²) in [6, 6.07) is 0. The number of nitrogens with zero attached hydrogens (tertiary/aromatic N) is 1. The summed E-state index contributed by atoms with van der Waals surface area (Å²) in [5, 5.41) is 3.38. The van der Waals surface area contributed by atoms with Gasteiger partial charge in [-0.15, -0.1) is 0 Å². The van der Waals surface area contributed by atoms with E-state index in [0.717, 1.165) is 58.0 Å². The van der Waals surface area contributed by atoms with Crippen LogP contribution in [0.2, 0.25) is 0 Å². The number of rotatable bonds is 55. The van der Waals surface area contributed by atoms with Crippen molar-refractivity contribution in [2.24, 2.45) is 0 Å². The first-order valence-corrected chi connectivity index (χ1v) is 28.9. The van der Waals surface area contributed by atoms with Gasteiger partial charge >= 0.3 is 17.9 Å². The molecule has 0 spiro atoms. The van der Waals surface area contributed by atoms with E-state index in [0.29, 0.717) is 58.7 Å². The predicted octanol–water partition coefficient (Wildman–Crippen LogP) is 16.3. The zero-order valence-electron chi connectivity index (χ0n) is 44.0. The molecule has 8 nitrogen and oxygen atoms in total. The maximum atomic E-state index is 12.7. The van der Waals surface area contributed by atoms with Gasteiger partial charge in [-0.2, -0.15) is 0 Å². The Morgan fingerprint density at radius 1 is 0.292 bits per heavy atom. The van der Waals surface area contributed by atoms with Crippen molar-refractivity contribution < 1.29 is 28.6 Å². The van der Waals surface area contributed by atoms with Gasteiger partial charge in [0, 0.05) is 19.6 Å². The van der Waals surface area contributed by atoms with E-state index in [1.54, 1.807) is 0 Å². The van der Waals surface area contributed by atoms with Crippen molar-refractivity contribution in [2.75, 3.05) is 52.5 Å². The van der Waals surface area contributed by atoms with Gasteiger partial charge in [0.15, 0.2) is 0 Å². The van der Waals surface area contributed by atoms with Crippen LogP contribution in [-0.2, 0) is 28.6 Å². The molecule has 0 aliphatic carbocycles. The summed E-state index contributed by atoms with van der Waals surface area (Å²) < 4.78 is 16.7. The molecule has 1 N–H and O–H groups in total. The smallest absolute Gasteiger partial charge is 0.307 e. The van der Waals surface area contributed by atoms with Gasteiger partial charge in [0.25, 0.3) is 0 Å². The van der Waals surface area contributed by atoms with Crippen LogP contribution >= 0.6 is 0 Å². The highest BCUT2D eigenvalue weighted by atomic mass is 16.5. The van der Waals surface area contributed by atoms with E-state index in [1.165, 1.54) is 212 Å². The SMILES string of the molecule is CCCCCCCCCCCCCCCOC(=O)CCNCCCN(CCC(=O)OCCCCCCCCCCCCCCC)CCC(=O)OCCCCCCCCCCCCCCC. The van der Waals surface area contributed by atoms with Crippen LogP contribution in [0.15, 0.2) is 0 Å². The highest BCUT2D eigenvalue weighted by Gasteiger charge is 2.13. The third kappa shape index (κ3) is 53.2. The lowest BCUT2D eigenvalue weighted by atomic mass is 10.0. The van der Waals surface area contributed by atoms with E-state index >= 15 is 0 Å². The Hall–Kier alpha value is -1.67. The highest BCUT2D eigenvalue weighted by Crippen LogP contribution is 2.15. The fraction of sp³-hybridized carbons (Fsp3) is 0.947. The summed E-state index contributed by atoms with van der Waals surface area (Å²) in [6.45, 7) is 11.6. The summed E-state index contributed by atoms with van der Waals surface area (Å²) in [6.07, 6.45) is 52.5. The van der Waals surface area contributed by atoms with Crippen LogP contribution in [0.1, 0.15) is 297 Å². The predicted molar refractivity (Wildman–Crippen MR) is 278 cm³/mol. The molecule has 0 aliphatic heterocycles. The van der Waals surface area contributed by atoms with Crippen LogP contribution in [0, 0.1) is 0 Å². The fourth-order valence-electron chi connectivity index (χ4n) is 8.71. The summed E-state index contributed by atoms with van der Waals surface area (Å²) in [5.74, 6) is -0.448. The third-order valence-electron chi connectivity index (χ3n) is 13.1. The summed E-state index contributed by atoms with van der Waals surface area (Å²) in [7, 11) is 0. The maximum absolute atomic E-state index is 12.7. The second-order valence-corrected chi connectivity index (χ2v) is 19.6. The summed E-state index contributed by atoms with van der Waals surface area (Å²) in [4.78, 5) is 39.8. The number of carbonyl (C=O) groups is 3. The number of hydrogen-bond acceptors (Lipinski definition) is 8. The zero-order chi connectivity index (χ0) is 47.2. The zero-order valence-corrected chi connectivity index (χ0v) is 44.0. The lowest BCUT2D eigenvalue weighted by Crippen LogP contribution is -2.32. The lowest BCUT2D eigenvalue weighted by molar-refractivity contribution is -0.145. The monoisotopic (exact) mass is 921 g/mol. The molecule has 8 heteroatoms. The number of carbonyl (C=O) groups excluding carboxylic acids is 3. The van der Waals surface area contributed by atoms with Crippen LogP contribution in [0.4, 0.5) is 0 Å². The third-order valence-corrected chi connectivity index (χ3v) is 13.1. The molecular weight excluding hydrogens is 809 g/mol. The fourth-order valence-corrected chi connectivity index (χ4v) is 8.71. The molecule has 0 saturated heterocycles. The average molecular weight is 922 g/mol. The quantitative estimate of drug-likeness (QED) is 0.0366. The molecule has 0 aromatic rings. The number of ether oxygens (including phenoxy) is 3. The Bertz CT molecular complexity index is 931. The van der Waals surface area contributed by atoms with Crippen molar-refractivity contribution in [3.63, 3.8) is 0 Å². The molecule has 0 unspecified atom stereocenters. The van der Waals surface area contributed by atoms with Crippen molar-refractivity contribution >= 4 is 17.9 Å². The van der Waals surface area contributed by atoms with Crippen LogP contribution in [0.3, 0.4) is 0 Å². The van der Waals surface area contributed by atoms with Crippen LogP contribution < -0.4 is 5.32 Å². The van der Waals surface area contributed by atoms with Gasteiger partial charge in [-0.3, -0.25) is 14.4 Å². The van der Waals surface area contributed by atoms with Gasteiger partial charge in [0.1, 0.15) is 0 Å². The molecule has 0 fully saturated rings. The molecule has 386 valence electrons. The molecule has 0 rings (SSSR count). The normalized spacial score (nSPS) is 11.4. The van der Waals surface area contributed by atoms with E-state index in [2.05, 4.69) is 31.0 Å². The van der Waals surface area contributed by atoms with Crippen molar-refractivity contribution in [1.82, 2.24) is 10.2 Å². The van der Waals surface area contributed by atoms with E-state index in [9.17, 15) is 14.4 Å². The van der Waals surface area contributed by atoms with E-state index in [1.807, 2.05) is 0 Å². The van der Waals surface area contributed by atoms with Gasteiger partial charge in [0.2, 0.25) is 0 Å². The molecule has 0 heterocycles. The number of hydrogen-bond donors (Lipinski definition) is 1. The molecule has 0 bridgehead atoms. The van der Waals surface area contributed by atoms with E-state index in [4.69, 9.17) is 14.2 Å². The van der Waals surface area contributed by atoms with Gasteiger partial charge in [0.05, 0.1) is 39.1 Å². The van der Waals surface area contributed by atoms with Crippen molar-refractivity contribution in [2.45, 2.75) is 297 Å². The highest BCUT2D eigenvalue weighted by molar-refractivity contribution is 5.70. The van der Waals surface area contributed by atoms with Gasteiger partial charge < -0.3 is 24.4 Å². The Labute approximate surface area is 404 Å². The Morgan fingerprint density at radius 2 is 0.538 bits per heavy atom. The first-order chi connectivity index (χ1) is 32.0. The largest absolute Gasteiger partial charge is 0.466 e. The second kappa shape index (κ2) is 54.9. The second-order valence-electron chi connectivity index (χ2n) is 19.6. The first kappa shape index (κ1) is 63.3. The average Bonchev–Trinajstić information content (AvgIpc) is 3.30. The van der Waals surface area contributed by atoms with Gasteiger partial charge in [-0.1, -0.05) is 252 Å². The molecule has 0 radical (unpaired) electrons. The van der Waals surface area contributed by atoms with Crippen molar-refractivity contribution in [3.8, 4) is 0 Å². The topological polar surface area (TPSA) is 94.2 Å². The van der Waals surface area contributed by atoms with E-state index in [-0.39, 0.29) is 17.9 Å². The molecule has 0 aromatic heterocycles. The lowest BCUT2D eigenvalue weighted by Gasteiger charge is -2.21. The minimum Gasteiger partial charge on any atom is -0.466 e. The first-order valence-electron chi connectivity index (χ1n) is 28.9. The summed E-state index contributed by atoms with van der Waals surface area (Å²) in [5.41, 5.74) is 0. The molecule has 0 saturated carbocycles. The van der Waals surface area contributed by atoms with Crippen LogP contribution in [-0.4, -0.2) is 75.4 Å². The van der Waals surface area contributed by atoms with Crippen LogP contribution in [0.25, 0.3) is 0 Å².